The number of imidazole rings is 1. The number of hydrogen-bond acceptors (Lipinski definition) is 5. The Balaban J connectivity index is 1.60. The molecular weight excluding hydrogens is 531 g/mol. The highest BCUT2D eigenvalue weighted by atomic mass is 19.4. The molecule has 2 atom stereocenters. The zero-order chi connectivity index (χ0) is 29.9. The van der Waals surface area contributed by atoms with E-state index < -0.39 is 12.7 Å². The summed E-state index contributed by atoms with van der Waals surface area (Å²) in [6, 6.07) is 9.08. The number of nitrogens with one attached hydrogen (secondary N) is 2. The van der Waals surface area contributed by atoms with Gasteiger partial charge in [-0.1, -0.05) is 45.6 Å². The van der Waals surface area contributed by atoms with Crippen LogP contribution in [0, 0.1) is 17.8 Å². The maximum absolute atomic E-state index is 13.4. The number of nitrogens with zero attached hydrogens (tertiary/aromatic N) is 3. The molecule has 0 unspecified atom stereocenters. The van der Waals surface area contributed by atoms with Gasteiger partial charge in [0.25, 0.3) is 5.91 Å². The van der Waals surface area contributed by atoms with Crippen LogP contribution in [0.25, 0.3) is 11.0 Å². The second-order valence-corrected chi connectivity index (χ2v) is 11.8. The summed E-state index contributed by atoms with van der Waals surface area (Å²) < 4.78 is 46.4. The van der Waals surface area contributed by atoms with Crippen LogP contribution < -0.4 is 15.4 Å². The number of ether oxygens (including phenoxy) is 1. The number of fused-ring (bicyclic) bond motifs is 1. The van der Waals surface area contributed by atoms with Crippen molar-refractivity contribution in [2.24, 2.45) is 5.92 Å². The lowest BCUT2D eigenvalue weighted by molar-refractivity contribution is -0.139. The molecule has 1 aromatic heterocycles. The lowest BCUT2D eigenvalue weighted by atomic mass is 9.87. The predicted octanol–water partition coefficient (Wildman–Crippen LogP) is 5.44. The van der Waals surface area contributed by atoms with Crippen LogP contribution in [-0.4, -0.2) is 66.4 Å². The Bertz CT molecular complexity index is 1460. The van der Waals surface area contributed by atoms with Crippen molar-refractivity contribution in [3.63, 3.8) is 0 Å². The number of halogens is 3. The molecule has 1 saturated heterocycles. The first kappa shape index (κ1) is 30.3. The predicted molar refractivity (Wildman–Crippen MR) is 155 cm³/mol. The molecule has 2 heterocycles. The maximum Gasteiger partial charge on any atom is 0.406 e. The number of hydrogen-bond donors (Lipinski definition) is 2. The van der Waals surface area contributed by atoms with E-state index in [2.05, 4.69) is 60.1 Å². The van der Waals surface area contributed by atoms with Crippen molar-refractivity contribution in [2.45, 2.75) is 58.3 Å². The van der Waals surface area contributed by atoms with Crippen LogP contribution in [0.3, 0.4) is 0 Å². The quantitative estimate of drug-likeness (QED) is 0.387. The van der Waals surface area contributed by atoms with Crippen molar-refractivity contribution < 1.29 is 22.7 Å². The maximum atomic E-state index is 13.4. The van der Waals surface area contributed by atoms with E-state index in [-0.39, 0.29) is 46.4 Å². The van der Waals surface area contributed by atoms with E-state index in [9.17, 15) is 18.0 Å². The van der Waals surface area contributed by atoms with Crippen LogP contribution in [0.1, 0.15) is 55.6 Å². The van der Waals surface area contributed by atoms with E-state index in [4.69, 9.17) is 4.74 Å². The Hall–Kier alpha value is -3.71. The molecule has 0 saturated carbocycles. The standard InChI is InChI=1S/C31H38F3N5O2/c1-20-17-38(5)13-11-24(20)37-29(40)23-14-21(15-26-28(23)36-19-39(26)18-31(32,33)34)8-7-12-35-25-10-9-22(30(2,3)4)16-27(25)41-6/h9-10,14-16,19-20,24,35H,11-13,17-18H2,1-6H3,(H,37,40)/t20-,24-/m0/s1. The number of likely N-dealkylation sites (tertiary alicyclic amines) is 1. The summed E-state index contributed by atoms with van der Waals surface area (Å²) >= 11 is 0. The highest BCUT2D eigenvalue weighted by Gasteiger charge is 2.30. The number of anilines is 1. The summed E-state index contributed by atoms with van der Waals surface area (Å²) in [5.74, 6) is 6.60. The number of carbonyl (C=O) groups is 1. The molecule has 2 aromatic carbocycles. The van der Waals surface area contributed by atoms with Crippen molar-refractivity contribution in [3.8, 4) is 17.6 Å². The van der Waals surface area contributed by atoms with Gasteiger partial charge in [0.05, 0.1) is 36.7 Å². The van der Waals surface area contributed by atoms with Crippen molar-refractivity contribution in [1.82, 2.24) is 19.8 Å². The van der Waals surface area contributed by atoms with Gasteiger partial charge in [-0.05, 0) is 61.2 Å². The second-order valence-electron chi connectivity index (χ2n) is 11.8. The van der Waals surface area contributed by atoms with Crippen molar-refractivity contribution in [1.29, 1.82) is 0 Å². The van der Waals surface area contributed by atoms with Gasteiger partial charge in [-0.3, -0.25) is 4.79 Å². The number of carbonyl (C=O) groups excluding carboxylic acids is 1. The second kappa shape index (κ2) is 12.0. The fourth-order valence-corrected chi connectivity index (χ4v) is 5.13. The Labute approximate surface area is 239 Å². The minimum atomic E-state index is -4.44. The number of piperidine rings is 1. The van der Waals surface area contributed by atoms with Gasteiger partial charge in [-0.15, -0.1) is 0 Å². The number of aromatic nitrogens is 2. The highest BCUT2D eigenvalue weighted by Crippen LogP contribution is 2.31. The SMILES string of the molecule is COc1cc(C(C)(C)C)ccc1NCC#Cc1cc(C(=O)N[C@H]2CCN(C)C[C@@H]2C)c2ncn(CC(F)(F)F)c2c1. The van der Waals surface area contributed by atoms with Crippen molar-refractivity contribution >= 4 is 22.6 Å². The fraction of sp³-hybridized carbons (Fsp3) is 0.484. The van der Waals surface area contributed by atoms with Gasteiger partial charge < -0.3 is 24.8 Å². The lowest BCUT2D eigenvalue weighted by Gasteiger charge is -2.35. The van der Waals surface area contributed by atoms with E-state index in [1.807, 2.05) is 25.2 Å². The summed E-state index contributed by atoms with van der Waals surface area (Å²) in [5.41, 5.74) is 2.96. The lowest BCUT2D eigenvalue weighted by Crippen LogP contribution is -2.48. The molecular formula is C31H38F3N5O2. The molecule has 1 aliphatic heterocycles. The monoisotopic (exact) mass is 569 g/mol. The summed E-state index contributed by atoms with van der Waals surface area (Å²) in [5, 5.41) is 6.33. The van der Waals surface area contributed by atoms with E-state index in [1.54, 1.807) is 19.2 Å². The zero-order valence-electron chi connectivity index (χ0n) is 24.4. The average Bonchev–Trinajstić information content (AvgIpc) is 3.28. The molecule has 3 aromatic rings. The molecule has 220 valence electrons. The number of amides is 1. The molecule has 0 spiro atoms. The van der Waals surface area contributed by atoms with E-state index in [1.165, 1.54) is 0 Å². The van der Waals surface area contributed by atoms with Gasteiger partial charge in [0.15, 0.2) is 0 Å². The van der Waals surface area contributed by atoms with Crippen LogP contribution in [-0.2, 0) is 12.0 Å². The van der Waals surface area contributed by atoms with Crippen LogP contribution in [0.4, 0.5) is 18.9 Å². The summed E-state index contributed by atoms with van der Waals surface area (Å²) in [7, 11) is 3.65. The minimum Gasteiger partial charge on any atom is -0.495 e. The van der Waals surface area contributed by atoms with Gasteiger partial charge in [0.2, 0.25) is 0 Å². The van der Waals surface area contributed by atoms with Crippen LogP contribution in [0.5, 0.6) is 5.75 Å². The molecule has 7 nitrogen and oxygen atoms in total. The largest absolute Gasteiger partial charge is 0.495 e. The third-order valence-electron chi connectivity index (χ3n) is 7.41. The van der Waals surface area contributed by atoms with E-state index in [0.29, 0.717) is 11.3 Å². The Morgan fingerprint density at radius 3 is 2.61 bits per heavy atom. The molecule has 2 N–H and O–H groups in total. The van der Waals surface area contributed by atoms with Crippen LogP contribution in [0.15, 0.2) is 36.7 Å². The highest BCUT2D eigenvalue weighted by molar-refractivity contribution is 6.05. The molecule has 4 rings (SSSR count). The van der Waals surface area contributed by atoms with Crippen LogP contribution >= 0.6 is 0 Å². The van der Waals surface area contributed by atoms with Crippen molar-refractivity contribution in [3.05, 3.63) is 53.3 Å². The van der Waals surface area contributed by atoms with E-state index >= 15 is 0 Å². The Morgan fingerprint density at radius 1 is 1.20 bits per heavy atom. The third kappa shape index (κ3) is 7.53. The molecule has 10 heteroatoms. The zero-order valence-corrected chi connectivity index (χ0v) is 24.4. The van der Waals surface area contributed by atoms with Gasteiger partial charge in [0.1, 0.15) is 17.8 Å². The number of benzene rings is 2. The first-order valence-corrected chi connectivity index (χ1v) is 13.7. The Kier molecular flexibility index (Phi) is 8.88. The summed E-state index contributed by atoms with van der Waals surface area (Å²) in [4.78, 5) is 19.8. The van der Waals surface area contributed by atoms with E-state index in [0.717, 1.165) is 41.7 Å². The smallest absolute Gasteiger partial charge is 0.406 e. The molecule has 41 heavy (non-hydrogen) atoms. The topological polar surface area (TPSA) is 71.4 Å². The first-order valence-electron chi connectivity index (χ1n) is 13.7. The van der Waals surface area contributed by atoms with Gasteiger partial charge in [0, 0.05) is 18.2 Å². The van der Waals surface area contributed by atoms with Gasteiger partial charge in [-0.2, -0.15) is 13.2 Å². The molecule has 1 amide bonds. The number of methoxy groups -OCH3 is 1. The third-order valence-corrected chi connectivity index (χ3v) is 7.41. The molecule has 0 aliphatic carbocycles. The fourth-order valence-electron chi connectivity index (χ4n) is 5.13. The average molecular weight is 570 g/mol. The molecule has 1 fully saturated rings. The molecule has 0 radical (unpaired) electrons. The number of alkyl halides is 3. The Morgan fingerprint density at radius 2 is 1.95 bits per heavy atom. The van der Waals surface area contributed by atoms with Crippen molar-refractivity contribution in [2.75, 3.05) is 39.1 Å². The number of rotatable bonds is 6. The first-order chi connectivity index (χ1) is 19.2. The minimum absolute atomic E-state index is 0.0295. The molecule has 1 aliphatic rings. The summed E-state index contributed by atoms with van der Waals surface area (Å²) in [6.45, 7) is 9.21. The normalized spacial score (nSPS) is 18.1. The van der Waals surface area contributed by atoms with Crippen LogP contribution in [0.2, 0.25) is 0 Å². The van der Waals surface area contributed by atoms with Gasteiger partial charge in [-0.25, -0.2) is 4.98 Å². The van der Waals surface area contributed by atoms with Gasteiger partial charge >= 0.3 is 6.18 Å². The summed E-state index contributed by atoms with van der Waals surface area (Å²) in [6.07, 6.45) is -2.52. The molecule has 0 bridgehead atoms.